The lowest BCUT2D eigenvalue weighted by Crippen LogP contribution is -2.29. The molecule has 0 aliphatic carbocycles. The van der Waals surface area contributed by atoms with Crippen molar-refractivity contribution < 1.29 is 9.53 Å². The molecule has 2 atom stereocenters. The first-order valence-corrected chi connectivity index (χ1v) is 13.8. The SMILES string of the molecule is COCC(=O)Nc1ccc(N2C(=S)N[C@H](c3ccccn3)[C@@H]2c2cc(C)n(-c3c(C)cccc3C)c2C)cc1C. The minimum Gasteiger partial charge on any atom is -0.375 e. The van der Waals surface area contributed by atoms with Gasteiger partial charge in [0.2, 0.25) is 5.91 Å². The van der Waals surface area contributed by atoms with Gasteiger partial charge >= 0.3 is 0 Å². The molecule has 2 aromatic carbocycles. The summed E-state index contributed by atoms with van der Waals surface area (Å²) in [5, 5.41) is 7.12. The average Bonchev–Trinajstić information content (AvgIpc) is 3.41. The number of carbonyl (C=O) groups is 1. The zero-order valence-corrected chi connectivity index (χ0v) is 24.6. The molecule has 0 bridgehead atoms. The van der Waals surface area contributed by atoms with Gasteiger partial charge in [0.05, 0.1) is 23.5 Å². The number of nitrogens with one attached hydrogen (secondary N) is 2. The number of thiocarbonyl (C=S) groups is 1. The van der Waals surface area contributed by atoms with E-state index in [-0.39, 0.29) is 24.6 Å². The second-order valence-corrected chi connectivity index (χ2v) is 10.8. The van der Waals surface area contributed by atoms with E-state index >= 15 is 0 Å². The van der Waals surface area contributed by atoms with Gasteiger partial charge in [-0.1, -0.05) is 24.3 Å². The summed E-state index contributed by atoms with van der Waals surface area (Å²) < 4.78 is 7.32. The average molecular weight is 554 g/mol. The van der Waals surface area contributed by atoms with E-state index < -0.39 is 0 Å². The number of ether oxygens (including phenoxy) is 1. The van der Waals surface area contributed by atoms with Gasteiger partial charge in [-0.05, 0) is 105 Å². The van der Waals surface area contributed by atoms with Crippen molar-refractivity contribution in [1.82, 2.24) is 14.9 Å². The minimum atomic E-state index is -0.191. The molecule has 1 fully saturated rings. The summed E-state index contributed by atoms with van der Waals surface area (Å²) in [5.74, 6) is -0.191. The van der Waals surface area contributed by atoms with Gasteiger partial charge in [-0.25, -0.2) is 0 Å². The molecule has 2 N–H and O–H groups in total. The number of pyridine rings is 1. The monoisotopic (exact) mass is 553 g/mol. The molecule has 4 aromatic rings. The Labute approximate surface area is 241 Å². The highest BCUT2D eigenvalue weighted by Gasteiger charge is 2.42. The molecule has 0 radical (unpaired) electrons. The predicted molar refractivity (Wildman–Crippen MR) is 164 cm³/mol. The van der Waals surface area contributed by atoms with E-state index in [4.69, 9.17) is 21.9 Å². The zero-order valence-electron chi connectivity index (χ0n) is 23.8. The Hall–Kier alpha value is -4.01. The molecule has 8 heteroatoms. The molecule has 206 valence electrons. The molecule has 40 heavy (non-hydrogen) atoms. The van der Waals surface area contributed by atoms with Crippen LogP contribution in [0.25, 0.3) is 5.69 Å². The first kappa shape index (κ1) is 27.6. The number of rotatable bonds is 7. The Morgan fingerprint density at radius 1 is 1.00 bits per heavy atom. The van der Waals surface area contributed by atoms with Crippen LogP contribution in [0, 0.1) is 34.6 Å². The molecule has 3 heterocycles. The normalized spacial score (nSPS) is 16.8. The summed E-state index contributed by atoms with van der Waals surface area (Å²) in [5.41, 5.74) is 10.7. The summed E-state index contributed by atoms with van der Waals surface area (Å²) in [6.45, 7) is 10.6. The topological polar surface area (TPSA) is 71.4 Å². The Balaban J connectivity index is 1.63. The van der Waals surface area contributed by atoms with Crippen molar-refractivity contribution in [2.45, 2.75) is 46.7 Å². The number of aromatic nitrogens is 2. The first-order valence-electron chi connectivity index (χ1n) is 13.4. The van der Waals surface area contributed by atoms with Gasteiger partial charge in [0.1, 0.15) is 6.61 Å². The van der Waals surface area contributed by atoms with E-state index in [1.165, 1.54) is 29.5 Å². The van der Waals surface area contributed by atoms with Crippen LogP contribution in [0.1, 0.15) is 51.4 Å². The molecule has 0 spiro atoms. The van der Waals surface area contributed by atoms with Crippen molar-refractivity contribution in [1.29, 1.82) is 0 Å². The second kappa shape index (κ2) is 11.2. The van der Waals surface area contributed by atoms with E-state index in [1.54, 1.807) is 0 Å². The van der Waals surface area contributed by atoms with E-state index in [0.717, 1.165) is 34.0 Å². The van der Waals surface area contributed by atoms with Crippen molar-refractivity contribution in [3.8, 4) is 5.69 Å². The van der Waals surface area contributed by atoms with Gasteiger partial charge in [-0.3, -0.25) is 9.78 Å². The maximum Gasteiger partial charge on any atom is 0.250 e. The fraction of sp³-hybridized carbons (Fsp3) is 0.281. The number of hydrogen-bond donors (Lipinski definition) is 2. The summed E-state index contributed by atoms with van der Waals surface area (Å²) in [6.07, 6.45) is 1.82. The lowest BCUT2D eigenvalue weighted by molar-refractivity contribution is -0.119. The van der Waals surface area contributed by atoms with E-state index in [2.05, 4.69) is 78.1 Å². The summed E-state index contributed by atoms with van der Waals surface area (Å²) in [4.78, 5) is 19.0. The number of carbonyl (C=O) groups excluding carboxylic acids is 1. The molecule has 5 rings (SSSR count). The third kappa shape index (κ3) is 5.00. The number of para-hydroxylation sites is 1. The molecule has 2 aromatic heterocycles. The van der Waals surface area contributed by atoms with Crippen molar-refractivity contribution in [2.24, 2.45) is 0 Å². The quantitative estimate of drug-likeness (QED) is 0.267. The number of hydrogen-bond acceptors (Lipinski definition) is 4. The van der Waals surface area contributed by atoms with Crippen LogP contribution in [0.3, 0.4) is 0 Å². The number of amides is 1. The largest absolute Gasteiger partial charge is 0.375 e. The number of benzene rings is 2. The van der Waals surface area contributed by atoms with Gasteiger partial charge in [-0.2, -0.15) is 0 Å². The summed E-state index contributed by atoms with van der Waals surface area (Å²) in [7, 11) is 1.51. The predicted octanol–water partition coefficient (Wildman–Crippen LogP) is 6.18. The molecule has 1 saturated heterocycles. The zero-order chi connectivity index (χ0) is 28.6. The molecular formula is C32H35N5O2S. The number of aryl methyl sites for hydroxylation is 4. The molecular weight excluding hydrogens is 518 g/mol. The van der Waals surface area contributed by atoms with Gasteiger partial charge in [0, 0.05) is 36.1 Å². The van der Waals surface area contributed by atoms with E-state index in [0.29, 0.717) is 5.11 Å². The van der Waals surface area contributed by atoms with Crippen molar-refractivity contribution in [3.05, 3.63) is 106 Å². The molecule has 1 amide bonds. The molecule has 0 unspecified atom stereocenters. The van der Waals surface area contributed by atoms with Crippen LogP contribution in [-0.2, 0) is 9.53 Å². The van der Waals surface area contributed by atoms with Crippen molar-refractivity contribution in [3.63, 3.8) is 0 Å². The van der Waals surface area contributed by atoms with Gasteiger partial charge in [-0.15, -0.1) is 0 Å². The number of methoxy groups -OCH3 is 1. The third-order valence-corrected chi connectivity index (χ3v) is 7.90. The molecule has 7 nitrogen and oxygen atoms in total. The lowest BCUT2D eigenvalue weighted by atomic mass is 9.96. The van der Waals surface area contributed by atoms with Crippen LogP contribution in [-0.4, -0.2) is 34.3 Å². The first-order chi connectivity index (χ1) is 19.2. The fourth-order valence-corrected chi connectivity index (χ4v) is 6.14. The van der Waals surface area contributed by atoms with Crippen molar-refractivity contribution in [2.75, 3.05) is 23.9 Å². The molecule has 0 saturated carbocycles. The standard InChI is InChI=1S/C32H35N5O2S/c1-19-10-9-11-20(2)30(19)36-22(4)17-25(23(36)5)31-29(27-12-7-8-15-33-27)35-32(40)37(31)24-13-14-26(21(3)16-24)34-28(38)18-39-6/h7-17,29,31H,18H2,1-6H3,(H,34,38)(H,35,40)/t29-,31+/m1/s1. The molecule has 1 aliphatic heterocycles. The van der Waals surface area contributed by atoms with E-state index in [9.17, 15) is 4.79 Å². The van der Waals surface area contributed by atoms with Crippen LogP contribution in [0.4, 0.5) is 11.4 Å². The number of nitrogens with zero attached hydrogens (tertiary/aromatic N) is 3. The van der Waals surface area contributed by atoms with Crippen LogP contribution in [0.2, 0.25) is 0 Å². The van der Waals surface area contributed by atoms with Gasteiger partial charge < -0.3 is 24.8 Å². The highest BCUT2D eigenvalue weighted by molar-refractivity contribution is 7.80. The van der Waals surface area contributed by atoms with Crippen LogP contribution >= 0.6 is 12.2 Å². The van der Waals surface area contributed by atoms with E-state index in [1.807, 2.05) is 43.5 Å². The fourth-order valence-electron chi connectivity index (χ4n) is 5.79. The Bertz CT molecular complexity index is 1560. The minimum absolute atomic E-state index is 0.00509. The highest BCUT2D eigenvalue weighted by atomic mass is 32.1. The van der Waals surface area contributed by atoms with Crippen LogP contribution in [0.15, 0.2) is 66.9 Å². The third-order valence-electron chi connectivity index (χ3n) is 7.59. The Morgan fingerprint density at radius 2 is 1.75 bits per heavy atom. The van der Waals surface area contributed by atoms with Crippen LogP contribution in [0.5, 0.6) is 0 Å². The van der Waals surface area contributed by atoms with Crippen molar-refractivity contribution >= 4 is 34.6 Å². The summed E-state index contributed by atoms with van der Waals surface area (Å²) in [6, 6.07) is 20.4. The second-order valence-electron chi connectivity index (χ2n) is 10.4. The number of anilines is 2. The highest BCUT2D eigenvalue weighted by Crippen LogP contribution is 2.44. The van der Waals surface area contributed by atoms with Gasteiger partial charge in [0.15, 0.2) is 5.11 Å². The van der Waals surface area contributed by atoms with Gasteiger partial charge in [0.25, 0.3) is 0 Å². The van der Waals surface area contributed by atoms with Crippen LogP contribution < -0.4 is 15.5 Å². The smallest absolute Gasteiger partial charge is 0.250 e. The Morgan fingerprint density at radius 3 is 2.40 bits per heavy atom. The maximum atomic E-state index is 12.1. The molecule has 1 aliphatic rings. The lowest BCUT2D eigenvalue weighted by Gasteiger charge is -2.29. The maximum absolute atomic E-state index is 12.1. The summed E-state index contributed by atoms with van der Waals surface area (Å²) >= 11 is 5.97. The Kier molecular flexibility index (Phi) is 7.74.